The van der Waals surface area contributed by atoms with Crippen molar-refractivity contribution in [3.63, 3.8) is 0 Å². The summed E-state index contributed by atoms with van der Waals surface area (Å²) in [6.07, 6.45) is 7.14. The summed E-state index contributed by atoms with van der Waals surface area (Å²) in [5.41, 5.74) is 10.6. The van der Waals surface area contributed by atoms with Gasteiger partial charge in [-0.1, -0.05) is 18.9 Å². The molecule has 1 amide bonds. The van der Waals surface area contributed by atoms with Gasteiger partial charge in [-0.15, -0.1) is 0 Å². The van der Waals surface area contributed by atoms with Crippen molar-refractivity contribution in [2.45, 2.75) is 58.8 Å². The summed E-state index contributed by atoms with van der Waals surface area (Å²) in [6, 6.07) is 4.40. The summed E-state index contributed by atoms with van der Waals surface area (Å²) in [7, 11) is 0. The minimum absolute atomic E-state index is 0.286. The Labute approximate surface area is 128 Å². The van der Waals surface area contributed by atoms with E-state index in [9.17, 15) is 4.79 Å². The number of hydrogen-bond acceptors (Lipinski definition) is 2. The Morgan fingerprint density at radius 2 is 1.95 bits per heavy atom. The topological polar surface area (TPSA) is 46.3 Å². The van der Waals surface area contributed by atoms with Crippen molar-refractivity contribution < 1.29 is 4.79 Å². The quantitative estimate of drug-likeness (QED) is 0.814. The molecule has 0 radical (unpaired) electrons. The number of amides is 1. The Kier molecular flexibility index (Phi) is 5.80. The molecule has 0 unspecified atom stereocenters. The van der Waals surface area contributed by atoms with E-state index in [1.54, 1.807) is 0 Å². The second-order valence-electron chi connectivity index (χ2n) is 6.18. The molecule has 0 saturated heterocycles. The highest BCUT2D eigenvalue weighted by Crippen LogP contribution is 2.31. The average molecular weight is 288 g/mol. The zero-order chi connectivity index (χ0) is 15.2. The summed E-state index contributed by atoms with van der Waals surface area (Å²) < 4.78 is 0. The molecule has 2 N–H and O–H groups in total. The van der Waals surface area contributed by atoms with E-state index in [1.165, 1.54) is 16.7 Å². The number of benzene rings is 1. The molecule has 1 aromatic rings. The molecular formula is C18H28N2O. The molecule has 1 aromatic carbocycles. The average Bonchev–Trinajstić information content (AvgIpc) is 2.46. The van der Waals surface area contributed by atoms with Crippen LogP contribution in [0.3, 0.4) is 0 Å². The lowest BCUT2D eigenvalue weighted by Crippen LogP contribution is -2.35. The molecule has 0 aromatic heterocycles. The van der Waals surface area contributed by atoms with E-state index in [-0.39, 0.29) is 5.91 Å². The van der Waals surface area contributed by atoms with Gasteiger partial charge in [0.05, 0.1) is 0 Å². The SMILES string of the molecule is Cc1cc(C)c2c(c1)N(C(=O)CCCCCCN)CCC2. The Morgan fingerprint density at radius 3 is 2.71 bits per heavy atom. The predicted molar refractivity (Wildman–Crippen MR) is 88.7 cm³/mol. The molecule has 116 valence electrons. The fraction of sp³-hybridized carbons (Fsp3) is 0.611. The van der Waals surface area contributed by atoms with Crippen LogP contribution in [0.5, 0.6) is 0 Å². The highest BCUT2D eigenvalue weighted by Gasteiger charge is 2.23. The van der Waals surface area contributed by atoms with Crippen LogP contribution in [0.1, 0.15) is 55.2 Å². The molecule has 0 fully saturated rings. The number of carbonyl (C=O) groups is 1. The van der Waals surface area contributed by atoms with Crippen LogP contribution in [0.4, 0.5) is 5.69 Å². The molecule has 3 heteroatoms. The summed E-state index contributed by atoms with van der Waals surface area (Å²) >= 11 is 0. The molecule has 1 heterocycles. The van der Waals surface area contributed by atoms with Crippen LogP contribution in [0, 0.1) is 13.8 Å². The third kappa shape index (κ3) is 4.07. The molecule has 3 nitrogen and oxygen atoms in total. The molecule has 0 saturated carbocycles. The summed E-state index contributed by atoms with van der Waals surface area (Å²) in [6.45, 7) is 5.90. The van der Waals surface area contributed by atoms with Gasteiger partial charge in [-0.2, -0.15) is 0 Å². The van der Waals surface area contributed by atoms with Crippen molar-refractivity contribution in [2.24, 2.45) is 5.73 Å². The van der Waals surface area contributed by atoms with Gasteiger partial charge in [0.15, 0.2) is 0 Å². The zero-order valence-electron chi connectivity index (χ0n) is 13.5. The van der Waals surface area contributed by atoms with Gasteiger partial charge in [0.1, 0.15) is 0 Å². The van der Waals surface area contributed by atoms with Gasteiger partial charge >= 0.3 is 0 Å². The van der Waals surface area contributed by atoms with Crippen molar-refractivity contribution in [3.8, 4) is 0 Å². The van der Waals surface area contributed by atoms with Crippen LogP contribution in [0.15, 0.2) is 12.1 Å². The maximum absolute atomic E-state index is 12.5. The maximum Gasteiger partial charge on any atom is 0.226 e. The molecule has 1 aliphatic rings. The lowest BCUT2D eigenvalue weighted by atomic mass is 9.94. The molecule has 0 bridgehead atoms. The number of fused-ring (bicyclic) bond motifs is 1. The first kappa shape index (κ1) is 16.0. The van der Waals surface area contributed by atoms with Gasteiger partial charge in [-0.3, -0.25) is 4.79 Å². The first-order valence-electron chi connectivity index (χ1n) is 8.24. The normalized spacial score (nSPS) is 14.1. The van der Waals surface area contributed by atoms with Crippen molar-refractivity contribution in [2.75, 3.05) is 18.0 Å². The van der Waals surface area contributed by atoms with Crippen LogP contribution in [-0.2, 0) is 11.2 Å². The Hall–Kier alpha value is -1.35. The smallest absolute Gasteiger partial charge is 0.226 e. The molecule has 2 rings (SSSR count). The fourth-order valence-corrected chi connectivity index (χ4v) is 3.24. The first-order valence-corrected chi connectivity index (χ1v) is 8.24. The predicted octanol–water partition coefficient (Wildman–Crippen LogP) is 3.49. The Balaban J connectivity index is 2.00. The number of nitrogens with two attached hydrogens (primary N) is 1. The lowest BCUT2D eigenvalue weighted by molar-refractivity contribution is -0.118. The summed E-state index contributed by atoms with van der Waals surface area (Å²) in [5.74, 6) is 0.286. The van der Waals surface area contributed by atoms with Gasteiger partial charge in [0.25, 0.3) is 0 Å². The van der Waals surface area contributed by atoms with E-state index in [1.807, 2.05) is 4.90 Å². The fourth-order valence-electron chi connectivity index (χ4n) is 3.24. The molecule has 1 aliphatic heterocycles. The highest BCUT2D eigenvalue weighted by atomic mass is 16.2. The van der Waals surface area contributed by atoms with E-state index in [4.69, 9.17) is 5.73 Å². The highest BCUT2D eigenvalue weighted by molar-refractivity contribution is 5.94. The van der Waals surface area contributed by atoms with E-state index < -0.39 is 0 Å². The van der Waals surface area contributed by atoms with Crippen molar-refractivity contribution in [1.29, 1.82) is 0 Å². The molecule has 21 heavy (non-hydrogen) atoms. The largest absolute Gasteiger partial charge is 0.330 e. The van der Waals surface area contributed by atoms with E-state index >= 15 is 0 Å². The maximum atomic E-state index is 12.5. The zero-order valence-corrected chi connectivity index (χ0v) is 13.5. The van der Waals surface area contributed by atoms with E-state index in [0.717, 1.165) is 57.3 Å². The number of hydrogen-bond donors (Lipinski definition) is 1. The molecule has 0 aliphatic carbocycles. The van der Waals surface area contributed by atoms with Crippen molar-refractivity contribution >= 4 is 11.6 Å². The van der Waals surface area contributed by atoms with Gasteiger partial charge < -0.3 is 10.6 Å². The monoisotopic (exact) mass is 288 g/mol. The van der Waals surface area contributed by atoms with Crippen LogP contribution in [-0.4, -0.2) is 19.0 Å². The van der Waals surface area contributed by atoms with Crippen LogP contribution < -0.4 is 10.6 Å². The number of unbranched alkanes of at least 4 members (excludes halogenated alkanes) is 3. The number of nitrogens with zero attached hydrogens (tertiary/aromatic N) is 1. The van der Waals surface area contributed by atoms with E-state index in [2.05, 4.69) is 26.0 Å². The third-order valence-corrected chi connectivity index (χ3v) is 4.34. The Bertz CT molecular complexity index is 496. The minimum atomic E-state index is 0.286. The van der Waals surface area contributed by atoms with E-state index in [0.29, 0.717) is 6.42 Å². The Morgan fingerprint density at radius 1 is 1.19 bits per heavy atom. The van der Waals surface area contributed by atoms with Crippen molar-refractivity contribution in [3.05, 3.63) is 28.8 Å². The van der Waals surface area contributed by atoms with Crippen LogP contribution >= 0.6 is 0 Å². The van der Waals surface area contributed by atoms with Gasteiger partial charge in [0, 0.05) is 18.7 Å². The summed E-state index contributed by atoms with van der Waals surface area (Å²) in [5, 5.41) is 0. The van der Waals surface area contributed by atoms with Gasteiger partial charge in [-0.25, -0.2) is 0 Å². The minimum Gasteiger partial charge on any atom is -0.330 e. The second kappa shape index (κ2) is 7.60. The van der Waals surface area contributed by atoms with Crippen LogP contribution in [0.25, 0.3) is 0 Å². The molecular weight excluding hydrogens is 260 g/mol. The third-order valence-electron chi connectivity index (χ3n) is 4.34. The summed E-state index contributed by atoms with van der Waals surface area (Å²) in [4.78, 5) is 14.5. The second-order valence-corrected chi connectivity index (χ2v) is 6.18. The standard InChI is InChI=1S/C18H28N2O/c1-14-12-15(2)16-8-7-11-20(17(16)13-14)18(21)9-5-3-4-6-10-19/h12-13H,3-11,19H2,1-2H3. The first-order chi connectivity index (χ1) is 10.1. The number of carbonyl (C=O) groups excluding carboxylic acids is 1. The van der Waals surface area contributed by atoms with Gasteiger partial charge in [-0.05, 0) is 68.8 Å². The molecule has 0 atom stereocenters. The number of anilines is 1. The van der Waals surface area contributed by atoms with Crippen molar-refractivity contribution in [1.82, 2.24) is 0 Å². The van der Waals surface area contributed by atoms with Crippen LogP contribution in [0.2, 0.25) is 0 Å². The number of rotatable bonds is 6. The lowest BCUT2D eigenvalue weighted by Gasteiger charge is -2.31. The van der Waals surface area contributed by atoms with Gasteiger partial charge in [0.2, 0.25) is 5.91 Å². The number of aryl methyl sites for hydroxylation is 2. The molecule has 0 spiro atoms.